The minimum absolute atomic E-state index is 0.0269. The Kier molecular flexibility index (Phi) is 4.48. The van der Waals surface area contributed by atoms with Crippen molar-refractivity contribution in [2.75, 3.05) is 33.4 Å². The molecule has 6 nitrogen and oxygen atoms in total. The number of sulfonamides is 1. The van der Waals surface area contributed by atoms with Gasteiger partial charge in [0.05, 0.1) is 19.8 Å². The van der Waals surface area contributed by atoms with Crippen LogP contribution in [0.4, 0.5) is 0 Å². The highest BCUT2D eigenvalue weighted by molar-refractivity contribution is 7.91. The summed E-state index contributed by atoms with van der Waals surface area (Å²) in [7, 11) is -2.16. The zero-order valence-corrected chi connectivity index (χ0v) is 13.1. The van der Waals surface area contributed by atoms with Gasteiger partial charge in [-0.05, 0) is 11.4 Å². The monoisotopic (exact) mass is 318 g/mol. The summed E-state index contributed by atoms with van der Waals surface area (Å²) in [6, 6.07) is 3.20. The second kappa shape index (κ2) is 5.80. The molecule has 0 atom stereocenters. The zero-order chi connectivity index (χ0) is 14.8. The molecule has 112 valence electrons. The Hall–Kier alpha value is -0.960. The van der Waals surface area contributed by atoms with E-state index in [1.165, 1.54) is 13.1 Å². The lowest BCUT2D eigenvalue weighted by molar-refractivity contribution is -0.126. The van der Waals surface area contributed by atoms with Gasteiger partial charge in [0, 0.05) is 19.0 Å². The summed E-state index contributed by atoms with van der Waals surface area (Å²) in [6.07, 6.45) is 0. The molecule has 0 bridgehead atoms. The van der Waals surface area contributed by atoms with E-state index in [1.807, 2.05) is 6.92 Å². The van der Waals surface area contributed by atoms with Crippen molar-refractivity contribution in [3.8, 4) is 0 Å². The first-order valence-corrected chi connectivity index (χ1v) is 8.50. The quantitative estimate of drug-likeness (QED) is 0.830. The molecule has 0 aromatic carbocycles. The SMILES string of the molecule is CN(CC(=O)NCC1(C)COC1)S(=O)(=O)c1cccs1. The molecule has 1 aliphatic heterocycles. The fraction of sp³-hybridized carbons (Fsp3) is 0.583. The van der Waals surface area contributed by atoms with Crippen LogP contribution in [0.25, 0.3) is 0 Å². The highest BCUT2D eigenvalue weighted by atomic mass is 32.2. The second-order valence-electron chi connectivity index (χ2n) is 5.27. The van der Waals surface area contributed by atoms with Gasteiger partial charge < -0.3 is 10.1 Å². The molecule has 2 heterocycles. The Morgan fingerprint density at radius 3 is 2.75 bits per heavy atom. The fourth-order valence-corrected chi connectivity index (χ4v) is 4.10. The molecule has 0 spiro atoms. The predicted molar refractivity (Wildman–Crippen MR) is 76.1 cm³/mol. The number of ether oxygens (including phenoxy) is 1. The standard InChI is InChI=1S/C12H18N2O4S2/c1-12(8-18-9-12)7-13-10(15)6-14(2)20(16,17)11-4-3-5-19-11/h3-5H,6-9H2,1-2H3,(H,13,15). The van der Waals surface area contributed by atoms with Crippen LogP contribution in [0, 0.1) is 5.41 Å². The van der Waals surface area contributed by atoms with Crippen LogP contribution >= 0.6 is 11.3 Å². The maximum Gasteiger partial charge on any atom is 0.252 e. The van der Waals surface area contributed by atoms with E-state index in [9.17, 15) is 13.2 Å². The number of carbonyl (C=O) groups excluding carboxylic acids is 1. The predicted octanol–water partition coefficient (Wildman–Crippen LogP) is 0.521. The van der Waals surface area contributed by atoms with Gasteiger partial charge in [0.25, 0.3) is 10.0 Å². The van der Waals surface area contributed by atoms with E-state index in [2.05, 4.69) is 5.32 Å². The van der Waals surface area contributed by atoms with Crippen molar-refractivity contribution in [2.24, 2.45) is 5.41 Å². The molecule has 1 fully saturated rings. The number of hydrogen-bond donors (Lipinski definition) is 1. The molecule has 1 N–H and O–H groups in total. The minimum Gasteiger partial charge on any atom is -0.380 e. The Bertz CT molecular complexity index is 564. The third kappa shape index (κ3) is 3.38. The highest BCUT2D eigenvalue weighted by Gasteiger charge is 2.34. The van der Waals surface area contributed by atoms with Crippen molar-refractivity contribution >= 4 is 27.3 Å². The van der Waals surface area contributed by atoms with Crippen molar-refractivity contribution in [3.05, 3.63) is 17.5 Å². The summed E-state index contributed by atoms with van der Waals surface area (Å²) in [4.78, 5) is 11.8. The number of thiophene rings is 1. The van der Waals surface area contributed by atoms with Crippen LogP contribution in [-0.2, 0) is 19.6 Å². The smallest absolute Gasteiger partial charge is 0.252 e. The highest BCUT2D eigenvalue weighted by Crippen LogP contribution is 2.25. The van der Waals surface area contributed by atoms with Crippen molar-refractivity contribution in [1.29, 1.82) is 0 Å². The molecule has 8 heteroatoms. The third-order valence-corrected chi connectivity index (χ3v) is 6.32. The van der Waals surface area contributed by atoms with Crippen LogP contribution < -0.4 is 5.32 Å². The third-order valence-electron chi connectivity index (χ3n) is 3.14. The van der Waals surface area contributed by atoms with Gasteiger partial charge in [0.2, 0.25) is 5.91 Å². The topological polar surface area (TPSA) is 75.7 Å². The van der Waals surface area contributed by atoms with Gasteiger partial charge in [0.1, 0.15) is 4.21 Å². The largest absolute Gasteiger partial charge is 0.380 e. The van der Waals surface area contributed by atoms with Gasteiger partial charge in [-0.15, -0.1) is 11.3 Å². The van der Waals surface area contributed by atoms with E-state index in [0.717, 1.165) is 15.6 Å². The lowest BCUT2D eigenvalue weighted by Gasteiger charge is -2.38. The molecule has 1 aromatic rings. The lowest BCUT2D eigenvalue weighted by atomic mass is 9.89. The Morgan fingerprint density at radius 1 is 1.55 bits per heavy atom. The second-order valence-corrected chi connectivity index (χ2v) is 8.49. The van der Waals surface area contributed by atoms with E-state index >= 15 is 0 Å². The van der Waals surface area contributed by atoms with E-state index in [-0.39, 0.29) is 22.1 Å². The average Bonchev–Trinajstić information content (AvgIpc) is 2.88. The zero-order valence-electron chi connectivity index (χ0n) is 11.5. The van der Waals surface area contributed by atoms with Crippen LogP contribution in [0.5, 0.6) is 0 Å². The molecular weight excluding hydrogens is 300 g/mol. The molecule has 0 unspecified atom stereocenters. The van der Waals surface area contributed by atoms with Crippen LogP contribution in [0.1, 0.15) is 6.92 Å². The number of carbonyl (C=O) groups is 1. The first kappa shape index (κ1) is 15.4. The Balaban J connectivity index is 1.87. The van der Waals surface area contributed by atoms with Crippen LogP contribution in [0.3, 0.4) is 0 Å². The van der Waals surface area contributed by atoms with E-state index in [0.29, 0.717) is 19.8 Å². The number of likely N-dealkylation sites (N-methyl/N-ethyl adjacent to an activating group) is 1. The molecule has 0 radical (unpaired) electrons. The molecule has 0 aliphatic carbocycles. The summed E-state index contributed by atoms with van der Waals surface area (Å²) >= 11 is 1.14. The minimum atomic E-state index is -3.57. The van der Waals surface area contributed by atoms with Gasteiger partial charge in [0.15, 0.2) is 0 Å². The summed E-state index contributed by atoms with van der Waals surface area (Å²) < 4.78 is 30.7. The van der Waals surface area contributed by atoms with Gasteiger partial charge >= 0.3 is 0 Å². The van der Waals surface area contributed by atoms with Crippen LogP contribution in [0.15, 0.2) is 21.7 Å². The summed E-state index contributed by atoms with van der Waals surface area (Å²) in [5.41, 5.74) is -0.0269. The van der Waals surface area contributed by atoms with Crippen molar-refractivity contribution in [1.82, 2.24) is 9.62 Å². The summed E-state index contributed by atoms with van der Waals surface area (Å²) in [6.45, 7) is 3.58. The number of nitrogens with one attached hydrogen (secondary N) is 1. The lowest BCUT2D eigenvalue weighted by Crippen LogP contribution is -2.50. The molecular formula is C12H18N2O4S2. The molecule has 0 saturated carbocycles. The van der Waals surface area contributed by atoms with Crippen molar-refractivity contribution in [2.45, 2.75) is 11.1 Å². The van der Waals surface area contributed by atoms with Gasteiger partial charge in [-0.25, -0.2) is 8.42 Å². The maximum absolute atomic E-state index is 12.1. The van der Waals surface area contributed by atoms with Gasteiger partial charge in [-0.3, -0.25) is 4.79 Å². The first-order valence-electron chi connectivity index (χ1n) is 6.18. The number of hydrogen-bond acceptors (Lipinski definition) is 5. The normalized spacial score (nSPS) is 17.8. The number of amides is 1. The molecule has 2 rings (SSSR count). The Labute approximate surface area is 122 Å². The average molecular weight is 318 g/mol. The molecule has 1 aromatic heterocycles. The van der Waals surface area contributed by atoms with Crippen LogP contribution in [0.2, 0.25) is 0 Å². The van der Waals surface area contributed by atoms with E-state index in [1.54, 1.807) is 11.4 Å². The molecule has 1 saturated heterocycles. The van der Waals surface area contributed by atoms with Crippen LogP contribution in [-0.4, -0.2) is 52.0 Å². The molecule has 1 amide bonds. The van der Waals surface area contributed by atoms with Crippen molar-refractivity contribution < 1.29 is 17.9 Å². The van der Waals surface area contributed by atoms with Crippen molar-refractivity contribution in [3.63, 3.8) is 0 Å². The van der Waals surface area contributed by atoms with E-state index in [4.69, 9.17) is 4.74 Å². The summed E-state index contributed by atoms with van der Waals surface area (Å²) in [5, 5.41) is 4.44. The van der Waals surface area contributed by atoms with E-state index < -0.39 is 10.0 Å². The summed E-state index contributed by atoms with van der Waals surface area (Å²) in [5.74, 6) is -0.305. The Morgan fingerprint density at radius 2 is 2.25 bits per heavy atom. The van der Waals surface area contributed by atoms with Gasteiger partial charge in [-0.2, -0.15) is 4.31 Å². The number of nitrogens with zero attached hydrogens (tertiary/aromatic N) is 1. The maximum atomic E-state index is 12.1. The first-order chi connectivity index (χ1) is 9.33. The number of rotatable bonds is 6. The molecule has 1 aliphatic rings. The van der Waals surface area contributed by atoms with Gasteiger partial charge in [-0.1, -0.05) is 13.0 Å². The fourth-order valence-electron chi connectivity index (χ4n) is 1.77. The molecule has 20 heavy (non-hydrogen) atoms.